The Balaban J connectivity index is 1.38. The molecule has 0 aromatic heterocycles. The van der Waals surface area contributed by atoms with Crippen molar-refractivity contribution in [2.24, 2.45) is 11.8 Å². The molecule has 3 aliphatic heterocycles. The average molecular weight is 279 g/mol. The zero-order valence-electron chi connectivity index (χ0n) is 12.7. The van der Waals surface area contributed by atoms with Gasteiger partial charge in [0.15, 0.2) is 0 Å². The van der Waals surface area contributed by atoms with E-state index in [2.05, 4.69) is 22.6 Å². The van der Waals surface area contributed by atoms with Crippen LogP contribution < -0.4 is 10.6 Å². The van der Waals surface area contributed by atoms with E-state index in [1.807, 2.05) is 0 Å². The number of rotatable bonds is 4. The molecular formula is C16H29N3O. The van der Waals surface area contributed by atoms with Crippen LogP contribution in [0.4, 0.5) is 0 Å². The van der Waals surface area contributed by atoms with Crippen molar-refractivity contribution >= 4 is 5.91 Å². The van der Waals surface area contributed by atoms with Crippen molar-refractivity contribution in [3.8, 4) is 0 Å². The molecule has 0 aromatic carbocycles. The van der Waals surface area contributed by atoms with Crippen LogP contribution >= 0.6 is 0 Å². The van der Waals surface area contributed by atoms with E-state index in [1.165, 1.54) is 25.7 Å². The Morgan fingerprint density at radius 3 is 2.40 bits per heavy atom. The van der Waals surface area contributed by atoms with Crippen LogP contribution in [0.1, 0.15) is 44.9 Å². The zero-order chi connectivity index (χ0) is 13.9. The Morgan fingerprint density at radius 1 is 1.10 bits per heavy atom. The van der Waals surface area contributed by atoms with Gasteiger partial charge in [-0.3, -0.25) is 4.79 Å². The van der Waals surface area contributed by atoms with Crippen molar-refractivity contribution in [1.82, 2.24) is 15.5 Å². The predicted octanol–water partition coefficient (Wildman–Crippen LogP) is 1.37. The quantitative estimate of drug-likeness (QED) is 0.817. The first-order valence-electron chi connectivity index (χ1n) is 8.41. The first kappa shape index (κ1) is 14.3. The van der Waals surface area contributed by atoms with E-state index < -0.39 is 0 Å². The fourth-order valence-electron chi connectivity index (χ4n) is 4.37. The van der Waals surface area contributed by atoms with Gasteiger partial charge in [0, 0.05) is 25.0 Å². The van der Waals surface area contributed by atoms with E-state index in [-0.39, 0.29) is 5.91 Å². The van der Waals surface area contributed by atoms with E-state index in [9.17, 15) is 4.79 Å². The molecule has 4 nitrogen and oxygen atoms in total. The second kappa shape index (κ2) is 6.44. The Bertz CT molecular complexity index is 327. The minimum Gasteiger partial charge on any atom is -0.356 e. The summed E-state index contributed by atoms with van der Waals surface area (Å²) in [6, 6.07) is 1.56. The highest BCUT2D eigenvalue weighted by atomic mass is 16.1. The molecule has 2 bridgehead atoms. The average Bonchev–Trinajstić information content (AvgIpc) is 2.68. The summed E-state index contributed by atoms with van der Waals surface area (Å²) in [7, 11) is 2.27. The van der Waals surface area contributed by atoms with Crippen molar-refractivity contribution in [2.75, 3.05) is 26.7 Å². The summed E-state index contributed by atoms with van der Waals surface area (Å²) in [5.41, 5.74) is 0. The number of nitrogens with one attached hydrogen (secondary N) is 2. The number of amides is 1. The summed E-state index contributed by atoms with van der Waals surface area (Å²) in [5, 5.41) is 6.56. The normalized spacial score (nSPS) is 35.1. The summed E-state index contributed by atoms with van der Waals surface area (Å²) in [5.74, 6) is 1.59. The highest BCUT2D eigenvalue weighted by molar-refractivity contribution is 5.76. The van der Waals surface area contributed by atoms with Crippen LogP contribution in [0, 0.1) is 11.8 Å². The second-order valence-electron chi connectivity index (χ2n) is 7.09. The van der Waals surface area contributed by atoms with E-state index in [4.69, 9.17) is 0 Å². The molecule has 2 atom stereocenters. The smallest absolute Gasteiger partial charge is 0.220 e. The first-order chi connectivity index (χ1) is 9.72. The van der Waals surface area contributed by atoms with Gasteiger partial charge in [0.2, 0.25) is 5.91 Å². The number of carbonyl (C=O) groups excluding carboxylic acids is 1. The molecule has 20 heavy (non-hydrogen) atoms. The summed E-state index contributed by atoms with van der Waals surface area (Å²) in [6.45, 7) is 3.07. The van der Waals surface area contributed by atoms with Gasteiger partial charge in [0.1, 0.15) is 0 Å². The van der Waals surface area contributed by atoms with Crippen molar-refractivity contribution in [3.05, 3.63) is 0 Å². The zero-order valence-corrected chi connectivity index (χ0v) is 12.7. The molecule has 3 fully saturated rings. The van der Waals surface area contributed by atoms with Crippen LogP contribution in [0.3, 0.4) is 0 Å². The third kappa shape index (κ3) is 3.34. The van der Waals surface area contributed by atoms with Gasteiger partial charge >= 0.3 is 0 Å². The monoisotopic (exact) mass is 279 g/mol. The van der Waals surface area contributed by atoms with Gasteiger partial charge in [0.05, 0.1) is 0 Å². The molecule has 114 valence electrons. The molecule has 1 amide bonds. The van der Waals surface area contributed by atoms with Gasteiger partial charge in [-0.1, -0.05) is 0 Å². The molecule has 0 aliphatic carbocycles. The van der Waals surface area contributed by atoms with Crippen molar-refractivity contribution in [2.45, 2.75) is 57.0 Å². The Hall–Kier alpha value is -0.610. The molecular weight excluding hydrogens is 250 g/mol. The Kier molecular flexibility index (Phi) is 4.61. The number of fused-ring (bicyclic) bond motifs is 2. The van der Waals surface area contributed by atoms with E-state index in [1.54, 1.807) is 0 Å². The summed E-state index contributed by atoms with van der Waals surface area (Å²) in [6.07, 6.45) is 8.33. The Morgan fingerprint density at radius 2 is 1.75 bits per heavy atom. The van der Waals surface area contributed by atoms with Crippen molar-refractivity contribution in [3.63, 3.8) is 0 Å². The molecule has 0 saturated carbocycles. The molecule has 3 heterocycles. The van der Waals surface area contributed by atoms with Crippen LogP contribution in [-0.2, 0) is 4.79 Å². The van der Waals surface area contributed by atoms with Crippen LogP contribution in [0.15, 0.2) is 0 Å². The number of hydrogen-bond acceptors (Lipinski definition) is 3. The minimum absolute atomic E-state index is 0.281. The van der Waals surface area contributed by atoms with Crippen LogP contribution in [0.2, 0.25) is 0 Å². The summed E-state index contributed by atoms with van der Waals surface area (Å²) >= 11 is 0. The summed E-state index contributed by atoms with van der Waals surface area (Å²) < 4.78 is 0. The molecule has 0 aromatic rings. The van der Waals surface area contributed by atoms with Gasteiger partial charge in [-0.2, -0.15) is 0 Å². The lowest BCUT2D eigenvalue weighted by atomic mass is 9.90. The molecule has 0 spiro atoms. The van der Waals surface area contributed by atoms with Gasteiger partial charge in [-0.15, -0.1) is 0 Å². The fraction of sp³-hybridized carbons (Fsp3) is 0.938. The van der Waals surface area contributed by atoms with E-state index in [0.29, 0.717) is 11.8 Å². The van der Waals surface area contributed by atoms with Gasteiger partial charge in [0.25, 0.3) is 0 Å². The highest BCUT2D eigenvalue weighted by Gasteiger charge is 2.38. The topological polar surface area (TPSA) is 44.4 Å². The molecule has 3 aliphatic rings. The van der Waals surface area contributed by atoms with Crippen molar-refractivity contribution < 1.29 is 4.79 Å². The van der Waals surface area contributed by atoms with Gasteiger partial charge in [-0.25, -0.2) is 0 Å². The standard InChI is InChI=1S/C16H29N3O/c1-19-14-2-3-15(19)9-13(8-14)11-18-16(20)10-12-4-6-17-7-5-12/h12-15,17H,2-11H2,1H3,(H,18,20). The maximum Gasteiger partial charge on any atom is 0.220 e. The summed E-state index contributed by atoms with van der Waals surface area (Å²) in [4.78, 5) is 14.6. The lowest BCUT2D eigenvalue weighted by molar-refractivity contribution is -0.122. The highest BCUT2D eigenvalue weighted by Crippen LogP contribution is 2.37. The lowest BCUT2D eigenvalue weighted by Gasteiger charge is -2.36. The lowest BCUT2D eigenvalue weighted by Crippen LogP contribution is -2.43. The van der Waals surface area contributed by atoms with E-state index in [0.717, 1.165) is 51.0 Å². The number of nitrogens with zero attached hydrogens (tertiary/aromatic N) is 1. The van der Waals surface area contributed by atoms with Crippen LogP contribution in [-0.4, -0.2) is 49.6 Å². The maximum atomic E-state index is 12.1. The SMILES string of the molecule is CN1C2CCC1CC(CNC(=O)CC1CCNCC1)C2. The number of hydrogen-bond donors (Lipinski definition) is 2. The third-order valence-electron chi connectivity index (χ3n) is 5.72. The van der Waals surface area contributed by atoms with Gasteiger partial charge < -0.3 is 15.5 Å². The predicted molar refractivity (Wildman–Crippen MR) is 80.5 cm³/mol. The second-order valence-corrected chi connectivity index (χ2v) is 7.09. The largest absolute Gasteiger partial charge is 0.356 e. The molecule has 2 unspecified atom stereocenters. The van der Waals surface area contributed by atoms with Crippen LogP contribution in [0.25, 0.3) is 0 Å². The first-order valence-corrected chi connectivity index (χ1v) is 8.41. The van der Waals surface area contributed by atoms with Crippen LogP contribution in [0.5, 0.6) is 0 Å². The number of piperidine rings is 2. The molecule has 2 N–H and O–H groups in total. The minimum atomic E-state index is 0.281. The molecule has 0 radical (unpaired) electrons. The molecule has 3 saturated heterocycles. The van der Waals surface area contributed by atoms with Gasteiger partial charge in [-0.05, 0) is 70.5 Å². The third-order valence-corrected chi connectivity index (χ3v) is 5.72. The van der Waals surface area contributed by atoms with E-state index >= 15 is 0 Å². The molecule has 4 heteroatoms. The number of carbonyl (C=O) groups is 1. The fourth-order valence-corrected chi connectivity index (χ4v) is 4.37. The maximum absolute atomic E-state index is 12.1. The molecule has 3 rings (SSSR count). The Labute approximate surface area is 122 Å². The van der Waals surface area contributed by atoms with Crippen molar-refractivity contribution in [1.29, 1.82) is 0 Å².